The summed E-state index contributed by atoms with van der Waals surface area (Å²) < 4.78 is 4.76. The van der Waals surface area contributed by atoms with E-state index in [-0.39, 0.29) is 0 Å². The summed E-state index contributed by atoms with van der Waals surface area (Å²) in [6, 6.07) is 65.4. The van der Waals surface area contributed by atoms with Gasteiger partial charge in [-0.3, -0.25) is 4.57 Å². The number of nitrogens with zero attached hydrogens (tertiary/aromatic N) is 4. The average Bonchev–Trinajstić information content (AvgIpc) is 3.75. The summed E-state index contributed by atoms with van der Waals surface area (Å²) in [7, 11) is 0. The van der Waals surface area contributed by atoms with E-state index in [4.69, 9.17) is 9.97 Å². The lowest BCUT2D eigenvalue weighted by molar-refractivity contribution is 1.08. The second-order valence-corrected chi connectivity index (χ2v) is 14.2. The minimum Gasteiger partial charge on any atom is -0.309 e. The van der Waals surface area contributed by atoms with Gasteiger partial charge in [0.25, 0.3) is 0 Å². The Hall–Kier alpha value is -7.30. The molecule has 0 saturated heterocycles. The second-order valence-electron chi connectivity index (χ2n) is 14.2. The highest BCUT2D eigenvalue weighted by molar-refractivity contribution is 6.22. The molecule has 12 aromatic rings. The molecular formula is C50H30N4. The van der Waals surface area contributed by atoms with Crippen LogP contribution < -0.4 is 0 Å². The van der Waals surface area contributed by atoms with Crippen molar-refractivity contribution in [1.82, 2.24) is 19.1 Å². The minimum absolute atomic E-state index is 0.814. The van der Waals surface area contributed by atoms with E-state index < -0.39 is 0 Å². The summed E-state index contributed by atoms with van der Waals surface area (Å²) >= 11 is 0. The molecule has 0 saturated carbocycles. The van der Waals surface area contributed by atoms with Gasteiger partial charge in [0.2, 0.25) is 0 Å². The molecule has 4 heteroatoms. The molecule has 0 aliphatic heterocycles. The van der Waals surface area contributed by atoms with Gasteiger partial charge in [0.1, 0.15) is 5.69 Å². The maximum absolute atomic E-state index is 5.51. The Bertz CT molecular complexity index is 3460. The van der Waals surface area contributed by atoms with Gasteiger partial charge in [-0.05, 0) is 86.9 Å². The Labute approximate surface area is 309 Å². The zero-order valence-electron chi connectivity index (χ0n) is 29.1. The van der Waals surface area contributed by atoms with Crippen molar-refractivity contribution >= 4 is 87.0 Å². The monoisotopic (exact) mass is 686 g/mol. The second kappa shape index (κ2) is 11.1. The summed E-state index contributed by atoms with van der Waals surface area (Å²) in [4.78, 5) is 11.0. The lowest BCUT2D eigenvalue weighted by Crippen LogP contribution is -2.04. The summed E-state index contributed by atoms with van der Waals surface area (Å²) in [5.41, 5.74) is 9.34. The van der Waals surface area contributed by atoms with Gasteiger partial charge in [0, 0.05) is 32.8 Å². The van der Waals surface area contributed by atoms with Crippen molar-refractivity contribution in [2.75, 3.05) is 0 Å². The summed E-state index contributed by atoms with van der Waals surface area (Å²) in [5.74, 6) is 0.814. The molecule has 250 valence electrons. The van der Waals surface area contributed by atoms with E-state index in [2.05, 4.69) is 179 Å². The first kappa shape index (κ1) is 29.3. The van der Waals surface area contributed by atoms with Gasteiger partial charge in [0.05, 0.1) is 33.1 Å². The van der Waals surface area contributed by atoms with Gasteiger partial charge < -0.3 is 4.57 Å². The largest absolute Gasteiger partial charge is 0.309 e. The van der Waals surface area contributed by atoms with Crippen LogP contribution in [0, 0.1) is 0 Å². The molecule has 0 fully saturated rings. The van der Waals surface area contributed by atoms with Crippen LogP contribution in [0.4, 0.5) is 0 Å². The Kier molecular flexibility index (Phi) is 6.02. The van der Waals surface area contributed by atoms with Gasteiger partial charge in [-0.1, -0.05) is 127 Å². The fraction of sp³-hybridized carbons (Fsp3) is 0. The highest BCUT2D eigenvalue weighted by Gasteiger charge is 2.23. The first-order chi connectivity index (χ1) is 26.8. The molecule has 0 radical (unpaired) electrons. The maximum atomic E-state index is 5.51. The molecule has 0 aliphatic rings. The number of hydrogen-bond acceptors (Lipinski definition) is 2. The first-order valence-electron chi connectivity index (χ1n) is 18.4. The van der Waals surface area contributed by atoms with E-state index in [1.165, 1.54) is 59.5 Å². The predicted octanol–water partition coefficient (Wildman–Crippen LogP) is 13.0. The molecular weight excluding hydrogens is 657 g/mol. The number of hydrogen-bond donors (Lipinski definition) is 0. The smallest absolute Gasteiger partial charge is 0.165 e. The van der Waals surface area contributed by atoms with E-state index in [1.807, 2.05) is 12.1 Å². The molecule has 9 aromatic carbocycles. The van der Waals surface area contributed by atoms with Crippen LogP contribution in [0.5, 0.6) is 0 Å². The molecule has 4 nitrogen and oxygen atoms in total. The quantitative estimate of drug-likeness (QED) is 0.173. The molecule has 0 bridgehead atoms. The molecule has 12 rings (SSSR count). The molecule has 0 spiro atoms. The van der Waals surface area contributed by atoms with E-state index >= 15 is 0 Å². The van der Waals surface area contributed by atoms with Crippen LogP contribution in [0.3, 0.4) is 0 Å². The van der Waals surface area contributed by atoms with E-state index in [1.54, 1.807) is 0 Å². The standard InChI is InChI=1S/C50H30N4/c1-4-16-35-31(13-1)25-27-47-48(35)41-30-33(53-44-23-11-7-19-38(44)39-20-8-12-24-45(39)53)26-28-46(41)54(47)50-49(51-42-21-9-10-22-43(42)52-50)40-29-32-14-2-3-15-34(32)36-17-5-6-18-37(36)40/h1-30H. The summed E-state index contributed by atoms with van der Waals surface area (Å²) in [6.07, 6.45) is 0. The average molecular weight is 687 g/mol. The van der Waals surface area contributed by atoms with Gasteiger partial charge >= 0.3 is 0 Å². The SMILES string of the molecule is c1ccc2c(c1)cc(-c1nc3ccccc3nc1-n1c3ccc(-n4c5ccccc5c5ccccc54)cc3c3c4ccccc4ccc31)c1ccccc12. The fourth-order valence-electron chi connectivity index (χ4n) is 8.92. The van der Waals surface area contributed by atoms with Gasteiger partial charge in [-0.15, -0.1) is 0 Å². The third kappa shape index (κ3) is 4.08. The highest BCUT2D eigenvalue weighted by atomic mass is 15.1. The van der Waals surface area contributed by atoms with Crippen molar-refractivity contribution in [3.05, 3.63) is 182 Å². The van der Waals surface area contributed by atoms with Crippen molar-refractivity contribution in [2.24, 2.45) is 0 Å². The Morgan fingerprint density at radius 2 is 0.889 bits per heavy atom. The predicted molar refractivity (Wildman–Crippen MR) is 226 cm³/mol. The molecule has 0 atom stereocenters. The number of aromatic nitrogens is 4. The molecule has 54 heavy (non-hydrogen) atoms. The van der Waals surface area contributed by atoms with Crippen molar-refractivity contribution in [2.45, 2.75) is 0 Å². The van der Waals surface area contributed by atoms with Crippen LogP contribution in [0.25, 0.3) is 110 Å². The van der Waals surface area contributed by atoms with Crippen molar-refractivity contribution in [3.8, 4) is 22.8 Å². The van der Waals surface area contributed by atoms with Gasteiger partial charge in [-0.2, -0.15) is 0 Å². The van der Waals surface area contributed by atoms with Crippen molar-refractivity contribution in [1.29, 1.82) is 0 Å². The van der Waals surface area contributed by atoms with Gasteiger partial charge in [0.15, 0.2) is 5.82 Å². The Balaban J connectivity index is 1.23. The molecule has 3 heterocycles. The number of benzene rings is 9. The first-order valence-corrected chi connectivity index (χ1v) is 18.4. The van der Waals surface area contributed by atoms with E-state index in [0.29, 0.717) is 0 Å². The van der Waals surface area contributed by atoms with Crippen LogP contribution in [0.2, 0.25) is 0 Å². The molecule has 0 amide bonds. The van der Waals surface area contributed by atoms with Crippen LogP contribution >= 0.6 is 0 Å². The van der Waals surface area contributed by atoms with E-state index in [0.717, 1.165) is 50.2 Å². The van der Waals surface area contributed by atoms with Crippen molar-refractivity contribution < 1.29 is 0 Å². The van der Waals surface area contributed by atoms with Crippen LogP contribution in [0.15, 0.2) is 182 Å². The molecule has 0 aliphatic carbocycles. The normalized spacial score (nSPS) is 12.1. The summed E-state index contributed by atoms with van der Waals surface area (Å²) in [6.45, 7) is 0. The van der Waals surface area contributed by atoms with Crippen LogP contribution in [-0.4, -0.2) is 19.1 Å². The van der Waals surface area contributed by atoms with Gasteiger partial charge in [-0.25, -0.2) is 9.97 Å². The zero-order valence-corrected chi connectivity index (χ0v) is 29.1. The van der Waals surface area contributed by atoms with Crippen LogP contribution in [-0.2, 0) is 0 Å². The number of fused-ring (bicyclic) bond motifs is 12. The lowest BCUT2D eigenvalue weighted by atomic mass is 9.95. The topological polar surface area (TPSA) is 35.6 Å². The molecule has 0 N–H and O–H groups in total. The molecule has 3 aromatic heterocycles. The maximum Gasteiger partial charge on any atom is 0.165 e. The summed E-state index contributed by atoms with van der Waals surface area (Å²) in [5, 5.41) is 12.1. The van der Waals surface area contributed by atoms with Crippen molar-refractivity contribution in [3.63, 3.8) is 0 Å². The lowest BCUT2D eigenvalue weighted by Gasteiger charge is -2.16. The zero-order chi connectivity index (χ0) is 35.3. The minimum atomic E-state index is 0.814. The molecule has 0 unspecified atom stereocenters. The number of rotatable bonds is 3. The highest BCUT2D eigenvalue weighted by Crippen LogP contribution is 2.43. The van der Waals surface area contributed by atoms with Crippen LogP contribution in [0.1, 0.15) is 0 Å². The Morgan fingerprint density at radius 3 is 1.65 bits per heavy atom. The Morgan fingerprint density at radius 1 is 0.333 bits per heavy atom. The number of para-hydroxylation sites is 4. The third-order valence-electron chi connectivity index (χ3n) is 11.3. The fourth-order valence-corrected chi connectivity index (χ4v) is 8.92. The third-order valence-corrected chi connectivity index (χ3v) is 11.3. The van der Waals surface area contributed by atoms with E-state index in [9.17, 15) is 0 Å².